The van der Waals surface area contributed by atoms with Crippen LogP contribution in [0.25, 0.3) is 0 Å². The van der Waals surface area contributed by atoms with E-state index in [0.717, 1.165) is 37.1 Å². The quantitative estimate of drug-likeness (QED) is 0.892. The lowest BCUT2D eigenvalue weighted by Gasteiger charge is -2.39. The molecule has 126 valence electrons. The number of rotatable bonds is 3. The molecule has 2 unspecified atom stereocenters. The van der Waals surface area contributed by atoms with Crippen molar-refractivity contribution in [3.63, 3.8) is 0 Å². The third-order valence-electron chi connectivity index (χ3n) is 4.38. The normalized spacial score (nSPS) is 25.0. The zero-order valence-corrected chi connectivity index (χ0v) is 12.6. The number of halogens is 3. The van der Waals surface area contributed by atoms with Gasteiger partial charge in [-0.05, 0) is 44.0 Å². The van der Waals surface area contributed by atoms with E-state index in [9.17, 15) is 27.9 Å². The number of carboxylic acids is 1. The molecule has 0 aromatic heterocycles. The Morgan fingerprint density at radius 3 is 2.35 bits per heavy atom. The van der Waals surface area contributed by atoms with E-state index in [1.807, 2.05) is 0 Å². The summed E-state index contributed by atoms with van der Waals surface area (Å²) in [4.78, 5) is 23.6. The van der Waals surface area contributed by atoms with Gasteiger partial charge in [0.15, 0.2) is 0 Å². The van der Waals surface area contributed by atoms with Gasteiger partial charge in [0.2, 0.25) is 0 Å². The second kappa shape index (κ2) is 6.22. The fourth-order valence-corrected chi connectivity index (χ4v) is 3.02. The Bertz CT molecular complexity index is 598. The van der Waals surface area contributed by atoms with Gasteiger partial charge in [0.25, 0.3) is 5.91 Å². The Hall–Kier alpha value is -2.05. The van der Waals surface area contributed by atoms with Gasteiger partial charge in [-0.3, -0.25) is 9.59 Å². The number of amides is 1. The average Bonchev–Trinajstić information content (AvgIpc) is 2.46. The number of carbonyl (C=O) groups is 2. The molecule has 1 aliphatic carbocycles. The highest BCUT2D eigenvalue weighted by atomic mass is 19.4. The number of nitrogens with one attached hydrogen (secondary N) is 1. The molecule has 2 N–H and O–H groups in total. The van der Waals surface area contributed by atoms with Gasteiger partial charge in [-0.15, -0.1) is 0 Å². The van der Waals surface area contributed by atoms with Crippen molar-refractivity contribution in [2.24, 2.45) is 5.92 Å². The van der Waals surface area contributed by atoms with Crippen LogP contribution in [-0.2, 0) is 11.0 Å². The van der Waals surface area contributed by atoms with E-state index in [0.29, 0.717) is 12.8 Å². The number of carbonyl (C=O) groups excluding carboxylic acids is 1. The highest BCUT2D eigenvalue weighted by Gasteiger charge is 2.42. The SMILES string of the molecule is CC1(NC(=O)c2ccc(C(F)(F)F)cc2)CCCCC1C(=O)O. The van der Waals surface area contributed by atoms with Crippen LogP contribution in [-0.4, -0.2) is 22.5 Å². The summed E-state index contributed by atoms with van der Waals surface area (Å²) in [5.41, 5.74) is -1.65. The van der Waals surface area contributed by atoms with E-state index >= 15 is 0 Å². The van der Waals surface area contributed by atoms with Crippen LogP contribution in [0.4, 0.5) is 13.2 Å². The number of alkyl halides is 3. The van der Waals surface area contributed by atoms with Crippen molar-refractivity contribution >= 4 is 11.9 Å². The lowest BCUT2D eigenvalue weighted by atomic mass is 9.73. The van der Waals surface area contributed by atoms with Gasteiger partial charge in [-0.2, -0.15) is 13.2 Å². The van der Waals surface area contributed by atoms with Gasteiger partial charge < -0.3 is 10.4 Å². The largest absolute Gasteiger partial charge is 0.481 e. The number of aliphatic carboxylic acids is 1. The molecule has 0 saturated heterocycles. The average molecular weight is 329 g/mol. The first kappa shape index (κ1) is 17.3. The first-order chi connectivity index (χ1) is 10.6. The molecule has 0 aliphatic heterocycles. The van der Waals surface area contributed by atoms with E-state index in [1.165, 1.54) is 0 Å². The molecule has 1 amide bonds. The highest BCUT2D eigenvalue weighted by Crippen LogP contribution is 2.34. The summed E-state index contributed by atoms with van der Waals surface area (Å²) in [7, 11) is 0. The number of hydrogen-bond donors (Lipinski definition) is 2. The monoisotopic (exact) mass is 329 g/mol. The fourth-order valence-electron chi connectivity index (χ4n) is 3.02. The van der Waals surface area contributed by atoms with Crippen molar-refractivity contribution in [2.45, 2.75) is 44.3 Å². The smallest absolute Gasteiger partial charge is 0.416 e. The van der Waals surface area contributed by atoms with Crippen LogP contribution in [0.15, 0.2) is 24.3 Å². The summed E-state index contributed by atoms with van der Waals surface area (Å²) in [6.07, 6.45) is -1.88. The molecule has 4 nitrogen and oxygen atoms in total. The standard InChI is InChI=1S/C16H18F3NO3/c1-15(9-3-2-4-12(15)14(22)23)20-13(21)10-5-7-11(8-6-10)16(17,18)19/h5-8,12H,2-4,9H2,1H3,(H,20,21)(H,22,23). The number of hydrogen-bond acceptors (Lipinski definition) is 2. The zero-order chi connectivity index (χ0) is 17.3. The predicted molar refractivity (Wildman–Crippen MR) is 76.9 cm³/mol. The van der Waals surface area contributed by atoms with Crippen molar-refractivity contribution < 1.29 is 27.9 Å². The van der Waals surface area contributed by atoms with Crippen molar-refractivity contribution in [1.29, 1.82) is 0 Å². The zero-order valence-electron chi connectivity index (χ0n) is 12.6. The number of benzene rings is 1. The summed E-state index contributed by atoms with van der Waals surface area (Å²) in [6.45, 7) is 1.67. The third kappa shape index (κ3) is 3.83. The second-order valence-corrected chi connectivity index (χ2v) is 6.08. The molecule has 23 heavy (non-hydrogen) atoms. The third-order valence-corrected chi connectivity index (χ3v) is 4.38. The Labute approximate surface area is 131 Å². The van der Waals surface area contributed by atoms with Crippen LogP contribution in [0.1, 0.15) is 48.5 Å². The Balaban J connectivity index is 2.15. The molecule has 0 spiro atoms. The van der Waals surface area contributed by atoms with Crippen LogP contribution < -0.4 is 5.32 Å². The van der Waals surface area contributed by atoms with Crippen molar-refractivity contribution in [3.8, 4) is 0 Å². The van der Waals surface area contributed by atoms with Crippen LogP contribution in [0.3, 0.4) is 0 Å². The van der Waals surface area contributed by atoms with Gasteiger partial charge in [0.05, 0.1) is 17.0 Å². The summed E-state index contributed by atoms with van der Waals surface area (Å²) in [5, 5.41) is 12.0. The Morgan fingerprint density at radius 2 is 1.83 bits per heavy atom. The summed E-state index contributed by atoms with van der Waals surface area (Å²) in [5.74, 6) is -2.23. The lowest BCUT2D eigenvalue weighted by Crippen LogP contribution is -2.55. The predicted octanol–water partition coefficient (Wildman–Crippen LogP) is 3.47. The number of carboxylic acid groups (broad SMARTS) is 1. The van der Waals surface area contributed by atoms with E-state index in [-0.39, 0.29) is 5.56 Å². The van der Waals surface area contributed by atoms with Crippen LogP contribution >= 0.6 is 0 Å². The van der Waals surface area contributed by atoms with Crippen molar-refractivity contribution in [3.05, 3.63) is 35.4 Å². The van der Waals surface area contributed by atoms with Crippen LogP contribution in [0.2, 0.25) is 0 Å². The molecule has 1 saturated carbocycles. The van der Waals surface area contributed by atoms with Gasteiger partial charge in [-0.25, -0.2) is 0 Å². The molecule has 7 heteroatoms. The molecule has 1 aromatic rings. The minimum Gasteiger partial charge on any atom is -0.481 e. The van der Waals surface area contributed by atoms with E-state index in [4.69, 9.17) is 0 Å². The highest BCUT2D eigenvalue weighted by molar-refractivity contribution is 5.95. The molecule has 1 aromatic carbocycles. The maximum atomic E-state index is 12.5. The van der Waals surface area contributed by atoms with Crippen molar-refractivity contribution in [1.82, 2.24) is 5.32 Å². The summed E-state index contributed by atoms with van der Waals surface area (Å²) < 4.78 is 37.6. The molecule has 1 fully saturated rings. The van der Waals surface area contributed by atoms with E-state index in [2.05, 4.69) is 5.32 Å². The van der Waals surface area contributed by atoms with Gasteiger partial charge in [-0.1, -0.05) is 12.8 Å². The fraction of sp³-hybridized carbons (Fsp3) is 0.500. The van der Waals surface area contributed by atoms with E-state index in [1.54, 1.807) is 6.92 Å². The maximum absolute atomic E-state index is 12.5. The Morgan fingerprint density at radius 1 is 1.22 bits per heavy atom. The molecule has 1 aliphatic rings. The minimum atomic E-state index is -4.46. The first-order valence-electron chi connectivity index (χ1n) is 7.36. The Kier molecular flexibility index (Phi) is 4.68. The lowest BCUT2D eigenvalue weighted by molar-refractivity contribution is -0.145. The molecule has 0 bridgehead atoms. The first-order valence-corrected chi connectivity index (χ1v) is 7.36. The van der Waals surface area contributed by atoms with Crippen molar-refractivity contribution in [2.75, 3.05) is 0 Å². The van der Waals surface area contributed by atoms with Gasteiger partial charge in [0.1, 0.15) is 0 Å². The van der Waals surface area contributed by atoms with E-state index < -0.39 is 35.1 Å². The molecular weight excluding hydrogens is 311 g/mol. The molecule has 2 rings (SSSR count). The minimum absolute atomic E-state index is 0.0777. The second-order valence-electron chi connectivity index (χ2n) is 6.08. The van der Waals surface area contributed by atoms with Gasteiger partial charge >= 0.3 is 12.1 Å². The summed E-state index contributed by atoms with van der Waals surface area (Å²) in [6, 6.07) is 3.87. The van der Waals surface area contributed by atoms with Crippen LogP contribution in [0.5, 0.6) is 0 Å². The topological polar surface area (TPSA) is 66.4 Å². The van der Waals surface area contributed by atoms with Gasteiger partial charge in [0, 0.05) is 5.56 Å². The molecule has 2 atom stereocenters. The summed E-state index contributed by atoms with van der Waals surface area (Å²) >= 11 is 0. The maximum Gasteiger partial charge on any atom is 0.416 e. The molecule has 0 heterocycles. The molecule has 0 radical (unpaired) electrons. The van der Waals surface area contributed by atoms with Crippen LogP contribution in [0, 0.1) is 5.92 Å². The molecular formula is C16H18F3NO3.